The molecule has 0 aliphatic carbocycles. The summed E-state index contributed by atoms with van der Waals surface area (Å²) in [6, 6.07) is 3.96. The number of methoxy groups -OCH3 is 1. The SMILES string of the molecule is COCCN1CC[C@@]2(CN(C(=O)Cc3cccs3)C[C@@H]2C)C1=O. The Morgan fingerprint density at radius 1 is 1.52 bits per heavy atom. The minimum atomic E-state index is -0.376. The third-order valence-corrected chi connectivity index (χ3v) is 6.15. The van der Waals surface area contributed by atoms with Crippen LogP contribution in [0.25, 0.3) is 0 Å². The summed E-state index contributed by atoms with van der Waals surface area (Å²) in [5.41, 5.74) is -0.376. The van der Waals surface area contributed by atoms with Crippen molar-refractivity contribution in [1.29, 1.82) is 0 Å². The minimum absolute atomic E-state index is 0.138. The van der Waals surface area contributed by atoms with Crippen molar-refractivity contribution in [3.05, 3.63) is 22.4 Å². The Balaban J connectivity index is 1.66. The fourth-order valence-electron chi connectivity index (χ4n) is 3.81. The largest absolute Gasteiger partial charge is 0.383 e. The number of hydrogen-bond acceptors (Lipinski definition) is 4. The molecule has 1 aromatic rings. The summed E-state index contributed by atoms with van der Waals surface area (Å²) in [5.74, 6) is 0.558. The predicted octanol–water partition coefficient (Wildman–Crippen LogP) is 1.63. The summed E-state index contributed by atoms with van der Waals surface area (Å²) in [4.78, 5) is 30.3. The van der Waals surface area contributed by atoms with Gasteiger partial charge >= 0.3 is 0 Å². The first-order chi connectivity index (χ1) is 11.1. The van der Waals surface area contributed by atoms with Crippen LogP contribution >= 0.6 is 11.3 Å². The monoisotopic (exact) mass is 336 g/mol. The van der Waals surface area contributed by atoms with Crippen LogP contribution in [0, 0.1) is 11.3 Å². The van der Waals surface area contributed by atoms with Gasteiger partial charge in [-0.15, -0.1) is 11.3 Å². The van der Waals surface area contributed by atoms with Crippen LogP contribution in [0.3, 0.4) is 0 Å². The maximum Gasteiger partial charge on any atom is 0.231 e. The molecule has 0 saturated carbocycles. The van der Waals surface area contributed by atoms with Crippen molar-refractivity contribution >= 4 is 23.2 Å². The highest BCUT2D eigenvalue weighted by Gasteiger charge is 2.55. The van der Waals surface area contributed by atoms with Crippen LogP contribution in [-0.4, -0.2) is 61.5 Å². The van der Waals surface area contributed by atoms with E-state index in [2.05, 4.69) is 6.92 Å². The summed E-state index contributed by atoms with van der Waals surface area (Å²) in [5, 5.41) is 1.99. The first-order valence-corrected chi connectivity index (χ1v) is 9.03. The van der Waals surface area contributed by atoms with Gasteiger partial charge in [-0.2, -0.15) is 0 Å². The van der Waals surface area contributed by atoms with Crippen molar-refractivity contribution in [3.8, 4) is 0 Å². The molecule has 2 fully saturated rings. The quantitative estimate of drug-likeness (QED) is 0.821. The van der Waals surface area contributed by atoms with Crippen molar-refractivity contribution in [2.75, 3.05) is 39.9 Å². The van der Waals surface area contributed by atoms with Gasteiger partial charge in [0.25, 0.3) is 0 Å². The molecule has 0 radical (unpaired) electrons. The number of carbonyl (C=O) groups is 2. The Kier molecular flexibility index (Phi) is 4.73. The highest BCUT2D eigenvalue weighted by atomic mass is 32.1. The molecule has 5 nitrogen and oxygen atoms in total. The Morgan fingerprint density at radius 3 is 3.04 bits per heavy atom. The number of rotatable bonds is 5. The standard InChI is InChI=1S/C17H24N2O3S/c1-13-11-19(15(20)10-14-4-3-9-23-14)12-17(13)5-6-18(16(17)21)7-8-22-2/h3-4,9,13H,5-8,10-12H2,1-2H3/t13-,17-/m0/s1. The predicted molar refractivity (Wildman–Crippen MR) is 89.3 cm³/mol. The van der Waals surface area contributed by atoms with E-state index in [1.54, 1.807) is 18.4 Å². The van der Waals surface area contributed by atoms with E-state index in [-0.39, 0.29) is 23.1 Å². The van der Waals surface area contributed by atoms with Crippen molar-refractivity contribution < 1.29 is 14.3 Å². The summed E-state index contributed by atoms with van der Waals surface area (Å²) in [6.45, 7) is 5.36. The van der Waals surface area contributed by atoms with Crippen LogP contribution in [0.15, 0.2) is 17.5 Å². The lowest BCUT2D eigenvalue weighted by Crippen LogP contribution is -2.41. The smallest absolute Gasteiger partial charge is 0.231 e. The van der Waals surface area contributed by atoms with E-state index in [1.807, 2.05) is 27.3 Å². The van der Waals surface area contributed by atoms with Crippen LogP contribution in [0.1, 0.15) is 18.2 Å². The van der Waals surface area contributed by atoms with Crippen LogP contribution in [0.5, 0.6) is 0 Å². The lowest BCUT2D eigenvalue weighted by atomic mass is 9.78. The van der Waals surface area contributed by atoms with E-state index in [0.717, 1.165) is 17.8 Å². The molecule has 2 aliphatic heterocycles. The number of likely N-dealkylation sites (tertiary alicyclic amines) is 2. The van der Waals surface area contributed by atoms with E-state index in [4.69, 9.17) is 4.74 Å². The third kappa shape index (κ3) is 3.02. The van der Waals surface area contributed by atoms with E-state index < -0.39 is 0 Å². The number of ether oxygens (including phenoxy) is 1. The summed E-state index contributed by atoms with van der Waals surface area (Å²) in [6.07, 6.45) is 1.29. The van der Waals surface area contributed by atoms with Gasteiger partial charge in [0.1, 0.15) is 0 Å². The van der Waals surface area contributed by atoms with Gasteiger partial charge in [-0.05, 0) is 23.8 Å². The number of nitrogens with zero attached hydrogens (tertiary/aromatic N) is 2. The molecule has 0 unspecified atom stereocenters. The summed E-state index contributed by atoms with van der Waals surface area (Å²) >= 11 is 1.61. The van der Waals surface area contributed by atoms with Gasteiger partial charge in [0.15, 0.2) is 0 Å². The molecule has 2 aliphatic rings. The van der Waals surface area contributed by atoms with Gasteiger partial charge in [0.05, 0.1) is 18.4 Å². The summed E-state index contributed by atoms with van der Waals surface area (Å²) < 4.78 is 5.09. The van der Waals surface area contributed by atoms with E-state index in [0.29, 0.717) is 32.7 Å². The first-order valence-electron chi connectivity index (χ1n) is 8.15. The molecular formula is C17H24N2O3S. The average molecular weight is 336 g/mol. The fraction of sp³-hybridized carbons (Fsp3) is 0.647. The Morgan fingerprint density at radius 2 is 2.35 bits per heavy atom. The van der Waals surface area contributed by atoms with Crippen LogP contribution < -0.4 is 0 Å². The lowest BCUT2D eigenvalue weighted by Gasteiger charge is -2.26. The van der Waals surface area contributed by atoms with Crippen molar-refractivity contribution in [3.63, 3.8) is 0 Å². The molecule has 2 amide bonds. The second-order valence-electron chi connectivity index (χ2n) is 6.62. The molecule has 1 aromatic heterocycles. The Hall–Kier alpha value is -1.40. The third-order valence-electron chi connectivity index (χ3n) is 5.28. The Bertz CT molecular complexity index is 574. The second kappa shape index (κ2) is 6.61. The molecule has 3 heterocycles. The molecule has 3 rings (SSSR count). The van der Waals surface area contributed by atoms with E-state index in [9.17, 15) is 9.59 Å². The molecule has 126 valence electrons. The maximum atomic E-state index is 12.9. The number of amides is 2. The molecule has 0 bridgehead atoms. The van der Waals surface area contributed by atoms with Crippen molar-refractivity contribution in [1.82, 2.24) is 9.80 Å². The van der Waals surface area contributed by atoms with Gasteiger partial charge in [0, 0.05) is 38.2 Å². The van der Waals surface area contributed by atoms with Gasteiger partial charge in [-0.1, -0.05) is 13.0 Å². The van der Waals surface area contributed by atoms with Gasteiger partial charge in [0.2, 0.25) is 11.8 Å². The molecular weight excluding hydrogens is 312 g/mol. The average Bonchev–Trinajstić information content (AvgIpc) is 3.22. The molecule has 2 atom stereocenters. The van der Waals surface area contributed by atoms with Gasteiger partial charge in [-0.25, -0.2) is 0 Å². The Labute approximate surface area is 141 Å². The maximum absolute atomic E-state index is 12.9. The molecule has 6 heteroatoms. The highest BCUT2D eigenvalue weighted by molar-refractivity contribution is 7.10. The van der Waals surface area contributed by atoms with Gasteiger partial charge < -0.3 is 14.5 Å². The zero-order valence-corrected chi connectivity index (χ0v) is 14.6. The van der Waals surface area contributed by atoms with Crippen molar-refractivity contribution in [2.45, 2.75) is 19.8 Å². The zero-order valence-electron chi connectivity index (χ0n) is 13.8. The minimum Gasteiger partial charge on any atom is -0.383 e. The molecule has 2 saturated heterocycles. The summed E-state index contributed by atoms with van der Waals surface area (Å²) in [7, 11) is 1.65. The van der Waals surface area contributed by atoms with Gasteiger partial charge in [-0.3, -0.25) is 9.59 Å². The molecule has 1 spiro atoms. The number of thiophene rings is 1. The van der Waals surface area contributed by atoms with Crippen LogP contribution in [-0.2, 0) is 20.7 Å². The number of carbonyl (C=O) groups excluding carboxylic acids is 2. The lowest BCUT2D eigenvalue weighted by molar-refractivity contribution is -0.138. The number of hydrogen-bond donors (Lipinski definition) is 0. The van der Waals surface area contributed by atoms with Crippen LogP contribution in [0.2, 0.25) is 0 Å². The molecule has 0 aromatic carbocycles. The first kappa shape index (κ1) is 16.5. The van der Waals surface area contributed by atoms with Crippen LogP contribution in [0.4, 0.5) is 0 Å². The van der Waals surface area contributed by atoms with E-state index in [1.165, 1.54) is 0 Å². The second-order valence-corrected chi connectivity index (χ2v) is 7.65. The van der Waals surface area contributed by atoms with E-state index >= 15 is 0 Å². The molecule has 0 N–H and O–H groups in total. The normalized spacial score (nSPS) is 27.4. The van der Waals surface area contributed by atoms with Crippen molar-refractivity contribution in [2.24, 2.45) is 11.3 Å². The topological polar surface area (TPSA) is 49.9 Å². The fourth-order valence-corrected chi connectivity index (χ4v) is 4.50. The zero-order chi connectivity index (χ0) is 16.4. The highest BCUT2D eigenvalue weighted by Crippen LogP contribution is 2.44. The molecule has 23 heavy (non-hydrogen) atoms.